The quantitative estimate of drug-likeness (QED) is 0.632. The Kier molecular flexibility index (Phi) is 5.10. The molecule has 0 aliphatic carbocycles. The van der Waals surface area contributed by atoms with Gasteiger partial charge in [-0.2, -0.15) is 0 Å². The minimum atomic E-state index is -0.884. The molecule has 1 aromatic carbocycles. The molecule has 0 bridgehead atoms. The molecule has 3 rings (SSSR count). The second-order valence-corrected chi connectivity index (χ2v) is 7.05. The van der Waals surface area contributed by atoms with Crippen molar-refractivity contribution in [2.24, 2.45) is 5.73 Å². The lowest BCUT2D eigenvalue weighted by Crippen LogP contribution is -2.19. The summed E-state index contributed by atoms with van der Waals surface area (Å²) >= 11 is 1.11. The normalized spacial score (nSPS) is 10.7. The van der Waals surface area contributed by atoms with E-state index in [1.165, 1.54) is 26.0 Å². The van der Waals surface area contributed by atoms with Crippen LogP contribution < -0.4 is 11.1 Å². The number of benzene rings is 1. The Morgan fingerprint density at radius 3 is 2.36 bits per heavy atom. The second kappa shape index (κ2) is 7.35. The number of anilines is 1. The predicted octanol–water partition coefficient (Wildman–Crippen LogP) is 3.71. The summed E-state index contributed by atoms with van der Waals surface area (Å²) < 4.78 is 18.5. The van der Waals surface area contributed by atoms with Crippen molar-refractivity contribution in [3.8, 4) is 10.6 Å². The van der Waals surface area contributed by atoms with Crippen molar-refractivity contribution in [1.82, 2.24) is 4.98 Å². The van der Waals surface area contributed by atoms with Gasteiger partial charge < -0.3 is 10.2 Å². The molecule has 0 fully saturated rings. The number of ketones is 1. The SMILES string of the molecule is CC(=O)c1c(C)oc(NC(=O)c2sc(-c3ccc(F)cc3)nc2C)c1C(N)=O. The first kappa shape index (κ1) is 19.4. The Labute approximate surface area is 163 Å². The van der Waals surface area contributed by atoms with E-state index in [0.29, 0.717) is 16.3 Å². The number of nitrogens with zero attached hydrogens (tertiary/aromatic N) is 1. The van der Waals surface area contributed by atoms with Crippen molar-refractivity contribution in [1.29, 1.82) is 0 Å². The number of thiazole rings is 1. The summed E-state index contributed by atoms with van der Waals surface area (Å²) in [5, 5.41) is 3.03. The highest BCUT2D eigenvalue weighted by molar-refractivity contribution is 7.17. The Hall–Kier alpha value is -3.33. The van der Waals surface area contributed by atoms with Gasteiger partial charge in [-0.05, 0) is 45.0 Å². The van der Waals surface area contributed by atoms with E-state index in [-0.39, 0.29) is 33.5 Å². The fourth-order valence-electron chi connectivity index (χ4n) is 2.77. The minimum Gasteiger partial charge on any atom is -0.444 e. The molecule has 3 N–H and O–H groups in total. The van der Waals surface area contributed by atoms with Crippen LogP contribution in [0.3, 0.4) is 0 Å². The van der Waals surface area contributed by atoms with E-state index in [1.807, 2.05) is 0 Å². The number of rotatable bonds is 5. The lowest BCUT2D eigenvalue weighted by Gasteiger charge is -2.03. The molecule has 7 nitrogen and oxygen atoms in total. The molecule has 9 heteroatoms. The fraction of sp³-hybridized carbons (Fsp3) is 0.158. The van der Waals surface area contributed by atoms with Crippen LogP contribution in [0, 0.1) is 19.7 Å². The van der Waals surface area contributed by atoms with Gasteiger partial charge >= 0.3 is 0 Å². The average molecular weight is 401 g/mol. The van der Waals surface area contributed by atoms with Crippen LogP contribution in [0.4, 0.5) is 10.3 Å². The number of Topliss-reactive ketones (excluding diaryl/α,β-unsaturated/α-hetero) is 1. The van der Waals surface area contributed by atoms with E-state index < -0.39 is 17.6 Å². The van der Waals surface area contributed by atoms with Crippen molar-refractivity contribution in [2.45, 2.75) is 20.8 Å². The molecule has 0 aliphatic heterocycles. The van der Waals surface area contributed by atoms with Crippen LogP contribution in [0.1, 0.15) is 48.8 Å². The number of primary amides is 1. The maximum Gasteiger partial charge on any atom is 0.270 e. The maximum absolute atomic E-state index is 13.1. The summed E-state index contributed by atoms with van der Waals surface area (Å²) in [6.45, 7) is 4.43. The first-order valence-corrected chi connectivity index (χ1v) is 8.99. The van der Waals surface area contributed by atoms with Gasteiger partial charge in [0, 0.05) is 5.56 Å². The van der Waals surface area contributed by atoms with Gasteiger partial charge in [-0.3, -0.25) is 19.7 Å². The highest BCUT2D eigenvalue weighted by atomic mass is 32.1. The third kappa shape index (κ3) is 3.56. The molecule has 0 saturated heterocycles. The van der Waals surface area contributed by atoms with Crippen LogP contribution in [0.2, 0.25) is 0 Å². The van der Waals surface area contributed by atoms with Crippen LogP contribution in [-0.2, 0) is 0 Å². The highest BCUT2D eigenvalue weighted by Crippen LogP contribution is 2.31. The number of nitrogens with two attached hydrogens (primary N) is 1. The summed E-state index contributed by atoms with van der Waals surface area (Å²) in [6, 6.07) is 5.74. The summed E-state index contributed by atoms with van der Waals surface area (Å²) in [6.07, 6.45) is 0. The van der Waals surface area contributed by atoms with E-state index in [0.717, 1.165) is 11.3 Å². The first-order valence-electron chi connectivity index (χ1n) is 8.18. The van der Waals surface area contributed by atoms with Gasteiger partial charge in [-0.25, -0.2) is 9.37 Å². The molecule has 2 aromatic heterocycles. The maximum atomic E-state index is 13.1. The largest absolute Gasteiger partial charge is 0.444 e. The van der Waals surface area contributed by atoms with Crippen LogP contribution in [0.25, 0.3) is 10.6 Å². The number of hydrogen-bond donors (Lipinski definition) is 2. The number of nitrogens with one attached hydrogen (secondary N) is 1. The van der Waals surface area contributed by atoms with Gasteiger partial charge in [0.15, 0.2) is 5.78 Å². The van der Waals surface area contributed by atoms with E-state index in [2.05, 4.69) is 10.3 Å². The molecule has 0 saturated carbocycles. The van der Waals surface area contributed by atoms with Gasteiger partial charge in [0.05, 0.1) is 11.3 Å². The summed E-state index contributed by atoms with van der Waals surface area (Å²) in [4.78, 5) is 40.9. The molecule has 0 unspecified atom stereocenters. The number of amides is 2. The zero-order chi connectivity index (χ0) is 20.6. The highest BCUT2D eigenvalue weighted by Gasteiger charge is 2.27. The van der Waals surface area contributed by atoms with E-state index in [1.54, 1.807) is 19.1 Å². The standard InChI is InChI=1S/C19H16FN3O4S/c1-8-15(28-19(22-8)11-4-6-12(20)7-5-11)17(26)23-18-14(16(21)25)13(9(2)24)10(3)27-18/h4-7H,1-3H3,(H2,21,25)(H,23,26). The first-order chi connectivity index (χ1) is 13.2. The van der Waals surface area contributed by atoms with Crippen molar-refractivity contribution >= 4 is 34.8 Å². The number of halogens is 1. The van der Waals surface area contributed by atoms with Gasteiger partial charge in [-0.15, -0.1) is 11.3 Å². The Morgan fingerprint density at radius 2 is 1.79 bits per heavy atom. The molecule has 28 heavy (non-hydrogen) atoms. The van der Waals surface area contributed by atoms with Crippen LogP contribution >= 0.6 is 11.3 Å². The Morgan fingerprint density at radius 1 is 1.14 bits per heavy atom. The summed E-state index contributed by atoms with van der Waals surface area (Å²) in [5.74, 6) is -2.22. The second-order valence-electron chi connectivity index (χ2n) is 6.05. The van der Waals surface area contributed by atoms with Gasteiger partial charge in [0.2, 0.25) is 5.88 Å². The third-order valence-corrected chi connectivity index (χ3v) is 5.21. The molecule has 0 atom stereocenters. The predicted molar refractivity (Wildman–Crippen MR) is 102 cm³/mol. The average Bonchev–Trinajstić information content (AvgIpc) is 3.15. The molecule has 2 heterocycles. The topological polar surface area (TPSA) is 115 Å². The Balaban J connectivity index is 1.94. The van der Waals surface area contributed by atoms with Crippen molar-refractivity contribution in [3.63, 3.8) is 0 Å². The number of aryl methyl sites for hydroxylation is 2. The zero-order valence-corrected chi connectivity index (χ0v) is 16.1. The number of carbonyl (C=O) groups excluding carboxylic acids is 3. The smallest absolute Gasteiger partial charge is 0.270 e. The van der Waals surface area contributed by atoms with Gasteiger partial charge in [0.1, 0.15) is 27.0 Å². The van der Waals surface area contributed by atoms with Crippen LogP contribution in [-0.4, -0.2) is 22.6 Å². The van der Waals surface area contributed by atoms with Gasteiger partial charge in [0.25, 0.3) is 11.8 Å². The molecule has 0 radical (unpaired) electrons. The van der Waals surface area contributed by atoms with E-state index in [9.17, 15) is 18.8 Å². The minimum absolute atomic E-state index is 0.0378. The number of hydrogen-bond acceptors (Lipinski definition) is 6. The Bertz CT molecular complexity index is 1100. The monoisotopic (exact) mass is 401 g/mol. The lowest BCUT2D eigenvalue weighted by atomic mass is 10.1. The van der Waals surface area contributed by atoms with Crippen molar-refractivity contribution in [2.75, 3.05) is 5.32 Å². The molecule has 0 spiro atoms. The molecule has 0 aliphatic rings. The van der Waals surface area contributed by atoms with E-state index >= 15 is 0 Å². The number of carbonyl (C=O) groups is 3. The summed E-state index contributed by atoms with van der Waals surface area (Å²) in [7, 11) is 0. The van der Waals surface area contributed by atoms with Crippen LogP contribution in [0.15, 0.2) is 28.7 Å². The molecule has 3 aromatic rings. The van der Waals surface area contributed by atoms with E-state index in [4.69, 9.17) is 10.2 Å². The third-order valence-electron chi connectivity index (χ3n) is 4.00. The molecular weight excluding hydrogens is 385 g/mol. The fourth-order valence-corrected chi connectivity index (χ4v) is 3.74. The van der Waals surface area contributed by atoms with Crippen molar-refractivity contribution in [3.05, 3.63) is 57.5 Å². The molecule has 2 amide bonds. The van der Waals surface area contributed by atoms with Crippen molar-refractivity contribution < 1.29 is 23.2 Å². The molecule has 144 valence electrons. The lowest BCUT2D eigenvalue weighted by molar-refractivity contribution is 0.0974. The number of furan rings is 1. The van der Waals surface area contributed by atoms with Crippen LogP contribution in [0.5, 0.6) is 0 Å². The molecular formula is C19H16FN3O4S. The number of aromatic nitrogens is 1. The van der Waals surface area contributed by atoms with Gasteiger partial charge in [-0.1, -0.05) is 0 Å². The zero-order valence-electron chi connectivity index (χ0n) is 15.3. The summed E-state index contributed by atoms with van der Waals surface area (Å²) in [5.41, 5.74) is 6.35.